The Morgan fingerprint density at radius 2 is 2.33 bits per heavy atom. The summed E-state index contributed by atoms with van der Waals surface area (Å²) in [5.74, 6) is -0.396. The number of aliphatic hydroxyl groups is 1. The zero-order chi connectivity index (χ0) is 10.8. The van der Waals surface area contributed by atoms with Gasteiger partial charge < -0.3 is 15.2 Å². The van der Waals surface area contributed by atoms with Crippen molar-refractivity contribution >= 4 is 6.09 Å². The number of carbonyl (C=O) groups is 1. The van der Waals surface area contributed by atoms with E-state index >= 15 is 0 Å². The van der Waals surface area contributed by atoms with Gasteiger partial charge in [-0.3, -0.25) is 0 Å². The van der Waals surface area contributed by atoms with Gasteiger partial charge >= 0.3 is 6.09 Å². The number of benzene rings is 1. The SMILES string of the molecule is O=C1NC(CO)C(c2cccc(F)c2)O1. The number of halogens is 1. The van der Waals surface area contributed by atoms with Gasteiger partial charge in [0.1, 0.15) is 5.82 Å². The number of ether oxygens (including phenoxy) is 1. The number of cyclic esters (lactones) is 1. The highest BCUT2D eigenvalue weighted by molar-refractivity contribution is 5.70. The van der Waals surface area contributed by atoms with E-state index in [1.807, 2.05) is 0 Å². The molecule has 0 saturated carbocycles. The van der Waals surface area contributed by atoms with Crippen LogP contribution in [0.25, 0.3) is 0 Å². The summed E-state index contributed by atoms with van der Waals surface area (Å²) in [5.41, 5.74) is 0.535. The Bertz CT molecular complexity index is 383. The molecular formula is C10H10FNO3. The summed E-state index contributed by atoms with van der Waals surface area (Å²) in [6, 6.07) is 5.26. The van der Waals surface area contributed by atoms with Gasteiger partial charge in [0, 0.05) is 0 Å². The number of hydrogen-bond acceptors (Lipinski definition) is 3. The molecule has 1 aromatic rings. The molecule has 1 heterocycles. The Balaban J connectivity index is 2.26. The van der Waals surface area contributed by atoms with E-state index in [-0.39, 0.29) is 6.61 Å². The van der Waals surface area contributed by atoms with Gasteiger partial charge in [-0.15, -0.1) is 0 Å². The van der Waals surface area contributed by atoms with Crippen LogP contribution in [-0.2, 0) is 4.74 Å². The molecule has 1 aliphatic rings. The Hall–Kier alpha value is -1.62. The average Bonchev–Trinajstić information content (AvgIpc) is 2.59. The number of nitrogens with one attached hydrogen (secondary N) is 1. The van der Waals surface area contributed by atoms with E-state index in [1.165, 1.54) is 18.2 Å². The molecule has 1 saturated heterocycles. The van der Waals surface area contributed by atoms with Crippen LogP contribution in [-0.4, -0.2) is 23.8 Å². The average molecular weight is 211 g/mol. The highest BCUT2D eigenvalue weighted by Crippen LogP contribution is 2.26. The van der Waals surface area contributed by atoms with Crippen molar-refractivity contribution in [3.8, 4) is 0 Å². The molecule has 15 heavy (non-hydrogen) atoms. The first kappa shape index (κ1) is 9.92. The third-order valence-corrected chi connectivity index (χ3v) is 2.28. The van der Waals surface area contributed by atoms with Crippen LogP contribution in [0.1, 0.15) is 11.7 Å². The van der Waals surface area contributed by atoms with Crippen LogP contribution in [0.2, 0.25) is 0 Å². The Morgan fingerprint density at radius 1 is 1.53 bits per heavy atom. The zero-order valence-corrected chi connectivity index (χ0v) is 7.81. The number of rotatable bonds is 2. The summed E-state index contributed by atoms with van der Waals surface area (Å²) in [4.78, 5) is 10.9. The van der Waals surface area contributed by atoms with Crippen molar-refractivity contribution in [1.82, 2.24) is 5.32 Å². The highest BCUT2D eigenvalue weighted by atomic mass is 19.1. The molecule has 80 valence electrons. The first-order chi connectivity index (χ1) is 7.20. The third-order valence-electron chi connectivity index (χ3n) is 2.28. The van der Waals surface area contributed by atoms with E-state index in [4.69, 9.17) is 9.84 Å². The first-order valence-corrected chi connectivity index (χ1v) is 4.54. The maximum absolute atomic E-state index is 12.9. The number of carbonyl (C=O) groups excluding carboxylic acids is 1. The molecule has 2 N–H and O–H groups in total. The Kier molecular flexibility index (Phi) is 2.55. The van der Waals surface area contributed by atoms with Crippen molar-refractivity contribution in [2.45, 2.75) is 12.1 Å². The second-order valence-corrected chi connectivity index (χ2v) is 3.31. The van der Waals surface area contributed by atoms with E-state index in [9.17, 15) is 9.18 Å². The molecular weight excluding hydrogens is 201 g/mol. The molecule has 1 aromatic carbocycles. The highest BCUT2D eigenvalue weighted by Gasteiger charge is 2.34. The molecule has 1 aliphatic heterocycles. The monoisotopic (exact) mass is 211 g/mol. The first-order valence-electron chi connectivity index (χ1n) is 4.54. The lowest BCUT2D eigenvalue weighted by Crippen LogP contribution is -2.31. The van der Waals surface area contributed by atoms with Crippen molar-refractivity contribution in [3.05, 3.63) is 35.6 Å². The second kappa shape index (κ2) is 3.86. The maximum atomic E-state index is 12.9. The van der Waals surface area contributed by atoms with Crippen molar-refractivity contribution in [2.24, 2.45) is 0 Å². The summed E-state index contributed by atoms with van der Waals surface area (Å²) in [6.45, 7) is -0.243. The number of hydrogen-bond donors (Lipinski definition) is 2. The van der Waals surface area contributed by atoms with Gasteiger partial charge in [-0.2, -0.15) is 0 Å². The minimum absolute atomic E-state index is 0.243. The normalized spacial score (nSPS) is 24.8. The summed E-state index contributed by atoms with van der Waals surface area (Å²) in [7, 11) is 0. The molecule has 5 heteroatoms. The quantitative estimate of drug-likeness (QED) is 0.766. The molecule has 2 rings (SSSR count). The van der Waals surface area contributed by atoms with E-state index in [1.54, 1.807) is 6.07 Å². The van der Waals surface area contributed by atoms with Crippen molar-refractivity contribution < 1.29 is 19.0 Å². The minimum atomic E-state index is -0.627. The predicted molar refractivity (Wildman–Crippen MR) is 49.6 cm³/mol. The van der Waals surface area contributed by atoms with Crippen molar-refractivity contribution in [1.29, 1.82) is 0 Å². The fraction of sp³-hybridized carbons (Fsp3) is 0.300. The van der Waals surface area contributed by atoms with E-state index in [0.717, 1.165) is 0 Å². The van der Waals surface area contributed by atoms with Crippen LogP contribution in [0.15, 0.2) is 24.3 Å². The van der Waals surface area contributed by atoms with Crippen molar-refractivity contribution in [2.75, 3.05) is 6.61 Å². The van der Waals surface area contributed by atoms with Crippen LogP contribution in [0.3, 0.4) is 0 Å². The molecule has 0 spiro atoms. The summed E-state index contributed by atoms with van der Waals surface area (Å²) < 4.78 is 17.9. The molecule has 0 bridgehead atoms. The minimum Gasteiger partial charge on any atom is -0.439 e. The van der Waals surface area contributed by atoms with Gasteiger partial charge in [0.25, 0.3) is 0 Å². The topological polar surface area (TPSA) is 58.6 Å². The Morgan fingerprint density at radius 3 is 3.00 bits per heavy atom. The molecule has 0 aliphatic carbocycles. The number of amides is 1. The van der Waals surface area contributed by atoms with Gasteiger partial charge in [-0.25, -0.2) is 9.18 Å². The molecule has 2 unspecified atom stereocenters. The van der Waals surface area contributed by atoms with Crippen LogP contribution < -0.4 is 5.32 Å². The smallest absolute Gasteiger partial charge is 0.408 e. The molecule has 1 amide bonds. The van der Waals surface area contributed by atoms with Gasteiger partial charge in [0.15, 0.2) is 6.10 Å². The fourth-order valence-corrected chi connectivity index (χ4v) is 1.58. The van der Waals surface area contributed by atoms with Gasteiger partial charge in [0.05, 0.1) is 12.6 Å². The zero-order valence-electron chi connectivity index (χ0n) is 7.81. The second-order valence-electron chi connectivity index (χ2n) is 3.31. The lowest BCUT2D eigenvalue weighted by atomic mass is 10.0. The van der Waals surface area contributed by atoms with Crippen LogP contribution in [0, 0.1) is 5.82 Å². The Labute approximate surface area is 85.7 Å². The van der Waals surface area contributed by atoms with Gasteiger partial charge in [-0.05, 0) is 17.7 Å². The van der Waals surface area contributed by atoms with E-state index in [0.29, 0.717) is 5.56 Å². The van der Waals surface area contributed by atoms with E-state index in [2.05, 4.69) is 5.32 Å². The van der Waals surface area contributed by atoms with E-state index < -0.39 is 24.1 Å². The standard InChI is InChI=1S/C10H10FNO3/c11-7-3-1-2-6(4-7)9-8(5-13)12-10(14)15-9/h1-4,8-9,13H,5H2,(H,12,14). The molecule has 0 radical (unpaired) electrons. The van der Waals surface area contributed by atoms with Crippen LogP contribution in [0.4, 0.5) is 9.18 Å². The largest absolute Gasteiger partial charge is 0.439 e. The third kappa shape index (κ3) is 1.92. The van der Waals surface area contributed by atoms with Crippen LogP contribution in [0.5, 0.6) is 0 Å². The predicted octanol–water partition coefficient (Wildman–Crippen LogP) is 0.967. The number of aliphatic hydroxyl groups excluding tert-OH is 1. The summed E-state index contributed by atoms with van der Waals surface area (Å²) in [5, 5.41) is 11.4. The summed E-state index contributed by atoms with van der Waals surface area (Å²) in [6.07, 6.45) is -1.22. The van der Waals surface area contributed by atoms with Gasteiger partial charge in [0.2, 0.25) is 0 Å². The van der Waals surface area contributed by atoms with Crippen LogP contribution >= 0.6 is 0 Å². The molecule has 1 fully saturated rings. The van der Waals surface area contributed by atoms with Gasteiger partial charge in [-0.1, -0.05) is 12.1 Å². The fourth-order valence-electron chi connectivity index (χ4n) is 1.58. The van der Waals surface area contributed by atoms with Crippen molar-refractivity contribution in [3.63, 3.8) is 0 Å². The molecule has 2 atom stereocenters. The summed E-state index contributed by atoms with van der Waals surface area (Å²) >= 11 is 0. The molecule has 0 aromatic heterocycles. The number of alkyl carbamates (subject to hydrolysis) is 1. The maximum Gasteiger partial charge on any atom is 0.408 e. The lowest BCUT2D eigenvalue weighted by molar-refractivity contribution is 0.119. The lowest BCUT2D eigenvalue weighted by Gasteiger charge is -2.14. The molecule has 4 nitrogen and oxygen atoms in total.